The molecule has 0 saturated heterocycles. The first kappa shape index (κ1) is 15.0. The highest BCUT2D eigenvalue weighted by Gasteiger charge is 2.21. The third-order valence-corrected chi connectivity index (χ3v) is 2.60. The maximum atomic E-state index is 11.8. The number of benzene rings is 1. The Morgan fingerprint density at radius 2 is 1.89 bits per heavy atom. The molecule has 5 nitrogen and oxygen atoms in total. The molecule has 0 heterocycles. The topological polar surface area (TPSA) is 75.6 Å². The zero-order chi connectivity index (χ0) is 14.3. The number of rotatable bonds is 6. The molecule has 1 amide bonds. The van der Waals surface area contributed by atoms with Crippen LogP contribution in [-0.2, 0) is 20.7 Å². The molecule has 19 heavy (non-hydrogen) atoms. The van der Waals surface area contributed by atoms with Crippen molar-refractivity contribution in [1.29, 1.82) is 0 Å². The number of hydrogen-bond donors (Lipinski definition) is 2. The molecule has 0 bridgehead atoms. The van der Waals surface area contributed by atoms with E-state index < -0.39 is 12.0 Å². The molecule has 0 aliphatic rings. The number of ether oxygens (including phenoxy) is 1. The summed E-state index contributed by atoms with van der Waals surface area (Å²) in [4.78, 5) is 23.2. The fraction of sp³-hybridized carbons (Fsp3) is 0.429. The van der Waals surface area contributed by atoms with Crippen molar-refractivity contribution in [3.63, 3.8) is 0 Å². The zero-order valence-corrected chi connectivity index (χ0v) is 11.2. The Morgan fingerprint density at radius 3 is 2.42 bits per heavy atom. The highest BCUT2D eigenvalue weighted by Crippen LogP contribution is 2.12. The second-order valence-electron chi connectivity index (χ2n) is 4.10. The Kier molecular flexibility index (Phi) is 5.85. The number of hydrogen-bond acceptors (Lipinski definition) is 4. The molecule has 1 aromatic carbocycles. The maximum Gasteiger partial charge on any atom is 0.328 e. The lowest BCUT2D eigenvalue weighted by Gasteiger charge is -2.17. The van der Waals surface area contributed by atoms with Crippen LogP contribution in [0.5, 0.6) is 5.75 Å². The van der Waals surface area contributed by atoms with Gasteiger partial charge in [0.25, 0.3) is 0 Å². The maximum absolute atomic E-state index is 11.8. The number of aromatic hydroxyl groups is 1. The lowest BCUT2D eigenvalue weighted by atomic mass is 10.1. The van der Waals surface area contributed by atoms with Gasteiger partial charge in [-0.1, -0.05) is 19.1 Å². The Balaban J connectivity index is 2.75. The molecule has 104 valence electrons. The van der Waals surface area contributed by atoms with E-state index in [1.165, 1.54) is 0 Å². The van der Waals surface area contributed by atoms with E-state index in [1.54, 1.807) is 38.1 Å². The molecule has 0 saturated carbocycles. The van der Waals surface area contributed by atoms with Crippen LogP contribution in [0.4, 0.5) is 0 Å². The number of phenolic OH excluding ortho intramolecular Hbond substituents is 1. The zero-order valence-electron chi connectivity index (χ0n) is 11.2. The van der Waals surface area contributed by atoms with Gasteiger partial charge >= 0.3 is 5.97 Å². The van der Waals surface area contributed by atoms with Gasteiger partial charge in [0.2, 0.25) is 5.91 Å². The normalized spacial score (nSPS) is 11.7. The monoisotopic (exact) mass is 265 g/mol. The summed E-state index contributed by atoms with van der Waals surface area (Å²) in [5.41, 5.74) is 0.840. The van der Waals surface area contributed by atoms with Crippen LogP contribution in [0.3, 0.4) is 0 Å². The van der Waals surface area contributed by atoms with E-state index in [-0.39, 0.29) is 18.3 Å². The van der Waals surface area contributed by atoms with E-state index >= 15 is 0 Å². The van der Waals surface area contributed by atoms with Crippen LogP contribution in [0.1, 0.15) is 25.8 Å². The number of esters is 1. The molecule has 2 N–H and O–H groups in total. The van der Waals surface area contributed by atoms with Crippen molar-refractivity contribution in [3.05, 3.63) is 29.8 Å². The Bertz CT molecular complexity index is 428. The van der Waals surface area contributed by atoms with Gasteiger partial charge < -0.3 is 15.2 Å². The van der Waals surface area contributed by atoms with E-state index in [4.69, 9.17) is 4.74 Å². The van der Waals surface area contributed by atoms with Crippen LogP contribution in [0, 0.1) is 0 Å². The minimum Gasteiger partial charge on any atom is -0.508 e. The predicted molar refractivity (Wildman–Crippen MR) is 70.7 cm³/mol. The van der Waals surface area contributed by atoms with Crippen LogP contribution in [0.2, 0.25) is 0 Å². The summed E-state index contributed by atoms with van der Waals surface area (Å²) in [6.45, 7) is 3.71. The van der Waals surface area contributed by atoms with E-state index in [1.807, 2.05) is 0 Å². The van der Waals surface area contributed by atoms with E-state index in [0.29, 0.717) is 12.8 Å². The van der Waals surface area contributed by atoms with Crippen molar-refractivity contribution in [2.45, 2.75) is 32.7 Å². The summed E-state index contributed by atoms with van der Waals surface area (Å²) < 4.78 is 4.94. The van der Waals surface area contributed by atoms with Gasteiger partial charge in [-0.05, 0) is 24.6 Å². The van der Waals surface area contributed by atoms with Crippen LogP contribution in [0.15, 0.2) is 24.3 Å². The number of phenols is 1. The van der Waals surface area contributed by atoms with E-state index in [0.717, 1.165) is 5.56 Å². The van der Waals surface area contributed by atoms with Crippen molar-refractivity contribution >= 4 is 11.9 Å². The molecule has 0 aromatic heterocycles. The van der Waals surface area contributed by atoms with Crippen LogP contribution < -0.4 is 5.32 Å². The molecule has 1 unspecified atom stereocenters. The fourth-order valence-electron chi connectivity index (χ4n) is 1.60. The first-order valence-corrected chi connectivity index (χ1v) is 6.30. The molecule has 0 aliphatic carbocycles. The summed E-state index contributed by atoms with van der Waals surface area (Å²) in [7, 11) is 0. The van der Waals surface area contributed by atoms with Crippen LogP contribution >= 0.6 is 0 Å². The average molecular weight is 265 g/mol. The van der Waals surface area contributed by atoms with Gasteiger partial charge in [0.1, 0.15) is 11.8 Å². The lowest BCUT2D eigenvalue weighted by molar-refractivity contribution is -0.147. The second kappa shape index (κ2) is 7.41. The minimum absolute atomic E-state index is 0.161. The Hall–Kier alpha value is -2.04. The third-order valence-electron chi connectivity index (χ3n) is 2.60. The van der Waals surface area contributed by atoms with Gasteiger partial charge in [-0.2, -0.15) is 0 Å². The second-order valence-corrected chi connectivity index (χ2v) is 4.10. The molecule has 1 rings (SSSR count). The highest BCUT2D eigenvalue weighted by atomic mass is 16.5. The van der Waals surface area contributed by atoms with Crippen LogP contribution in [0.25, 0.3) is 0 Å². The molecule has 0 fully saturated rings. The van der Waals surface area contributed by atoms with Crippen molar-refractivity contribution in [2.75, 3.05) is 6.61 Å². The largest absolute Gasteiger partial charge is 0.508 e. The summed E-state index contributed by atoms with van der Waals surface area (Å²) in [5, 5.41) is 11.8. The van der Waals surface area contributed by atoms with E-state index in [9.17, 15) is 14.7 Å². The number of nitrogens with one attached hydrogen (secondary N) is 1. The first-order valence-electron chi connectivity index (χ1n) is 6.30. The fourth-order valence-corrected chi connectivity index (χ4v) is 1.60. The van der Waals surface area contributed by atoms with E-state index in [2.05, 4.69) is 5.32 Å². The molecule has 5 heteroatoms. The van der Waals surface area contributed by atoms with Crippen molar-refractivity contribution in [2.24, 2.45) is 0 Å². The molecule has 0 radical (unpaired) electrons. The van der Waals surface area contributed by atoms with Gasteiger partial charge in [0.05, 0.1) is 6.61 Å². The number of carbonyl (C=O) groups excluding carboxylic acids is 2. The summed E-state index contributed by atoms with van der Waals surface area (Å²) in [5.74, 6) is -0.483. The minimum atomic E-state index is -0.697. The first-order chi connectivity index (χ1) is 9.06. The molecule has 0 aliphatic heterocycles. The van der Waals surface area contributed by atoms with Gasteiger partial charge in [-0.3, -0.25) is 4.79 Å². The quantitative estimate of drug-likeness (QED) is 0.762. The standard InChI is InChI=1S/C14H19NO4/c1-3-13(17)15-12(14(18)19-4-2)9-10-5-7-11(16)8-6-10/h5-8,12,16H,3-4,9H2,1-2H3,(H,15,17). The van der Waals surface area contributed by atoms with Crippen molar-refractivity contribution in [1.82, 2.24) is 5.32 Å². The Labute approximate surface area is 112 Å². The predicted octanol–water partition coefficient (Wildman–Crippen LogP) is 1.39. The number of amides is 1. The SMILES string of the molecule is CCOC(=O)C(Cc1ccc(O)cc1)NC(=O)CC. The number of carbonyl (C=O) groups is 2. The van der Waals surface area contributed by atoms with Gasteiger partial charge in [0.15, 0.2) is 0 Å². The molecular formula is C14H19NO4. The van der Waals surface area contributed by atoms with Gasteiger partial charge in [0, 0.05) is 12.8 Å². The van der Waals surface area contributed by atoms with Gasteiger partial charge in [-0.25, -0.2) is 4.79 Å². The summed E-state index contributed by atoms with van der Waals surface area (Å²) in [6.07, 6.45) is 0.649. The molecule has 1 aromatic rings. The third kappa shape index (κ3) is 4.99. The lowest BCUT2D eigenvalue weighted by Crippen LogP contribution is -2.43. The average Bonchev–Trinajstić information content (AvgIpc) is 2.40. The van der Waals surface area contributed by atoms with Crippen LogP contribution in [-0.4, -0.2) is 29.6 Å². The molecule has 1 atom stereocenters. The van der Waals surface area contributed by atoms with Crippen molar-refractivity contribution in [3.8, 4) is 5.75 Å². The highest BCUT2D eigenvalue weighted by molar-refractivity contribution is 5.84. The summed E-state index contributed by atoms with van der Waals surface area (Å²) in [6, 6.07) is 5.80. The molecule has 0 spiro atoms. The van der Waals surface area contributed by atoms with Gasteiger partial charge in [-0.15, -0.1) is 0 Å². The smallest absolute Gasteiger partial charge is 0.328 e. The summed E-state index contributed by atoms with van der Waals surface area (Å²) >= 11 is 0. The van der Waals surface area contributed by atoms with Crippen molar-refractivity contribution < 1.29 is 19.4 Å². The Morgan fingerprint density at radius 1 is 1.26 bits per heavy atom. The molecular weight excluding hydrogens is 246 g/mol.